The predicted octanol–water partition coefficient (Wildman–Crippen LogP) is 6.97. The summed E-state index contributed by atoms with van der Waals surface area (Å²) in [7, 11) is 0. The topological polar surface area (TPSA) is 32.3 Å². The first-order chi connectivity index (χ1) is 11.4. The molecule has 26 heavy (non-hydrogen) atoms. The molecule has 0 aromatic heterocycles. The van der Waals surface area contributed by atoms with Gasteiger partial charge in [-0.25, -0.2) is 0 Å². The van der Waals surface area contributed by atoms with E-state index in [4.69, 9.17) is 23.2 Å². The molecule has 0 aliphatic rings. The molecule has 0 aliphatic carbocycles. The quantitative estimate of drug-likeness (QED) is 0.566. The summed E-state index contributed by atoms with van der Waals surface area (Å²) in [5, 5.41) is 15.4. The highest BCUT2D eigenvalue weighted by Gasteiger charge is 2.21. The van der Waals surface area contributed by atoms with Gasteiger partial charge >= 0.3 is 0 Å². The van der Waals surface area contributed by atoms with Crippen molar-refractivity contribution in [2.75, 3.05) is 0 Å². The van der Waals surface area contributed by atoms with E-state index in [0.29, 0.717) is 16.6 Å². The second kappa shape index (κ2) is 8.39. The van der Waals surface area contributed by atoms with Crippen molar-refractivity contribution in [3.63, 3.8) is 0 Å². The van der Waals surface area contributed by atoms with Gasteiger partial charge in [0.25, 0.3) is 0 Å². The van der Waals surface area contributed by atoms with Gasteiger partial charge in [-0.15, -0.1) is 12.4 Å². The normalized spacial score (nSPS) is 12.0. The van der Waals surface area contributed by atoms with Crippen LogP contribution in [0.3, 0.4) is 0 Å². The highest BCUT2D eigenvalue weighted by Crippen LogP contribution is 2.40. The summed E-state index contributed by atoms with van der Waals surface area (Å²) in [4.78, 5) is 0. The third-order valence-corrected chi connectivity index (χ3v) is 4.63. The molecular weight excluding hydrogens is 389 g/mol. The van der Waals surface area contributed by atoms with Crippen LogP contribution in [0.5, 0.6) is 5.75 Å². The van der Waals surface area contributed by atoms with Crippen LogP contribution in [0, 0.1) is 0 Å². The maximum atomic E-state index is 10.9. The van der Waals surface area contributed by atoms with Gasteiger partial charge in [0.05, 0.1) is 5.02 Å². The number of phenolic OH excluding ortho intramolecular Hbond substituents is 1. The summed E-state index contributed by atoms with van der Waals surface area (Å²) < 4.78 is 0. The fourth-order valence-electron chi connectivity index (χ4n) is 2.54. The minimum atomic E-state index is -0.0438. The first-order valence-corrected chi connectivity index (χ1v) is 9.21. The van der Waals surface area contributed by atoms with E-state index < -0.39 is 0 Å². The van der Waals surface area contributed by atoms with Gasteiger partial charge in [-0.05, 0) is 49.9 Å². The Morgan fingerprint density at radius 1 is 0.923 bits per heavy atom. The van der Waals surface area contributed by atoms with Gasteiger partial charge in [-0.2, -0.15) is 0 Å². The number of halogens is 3. The standard InChI is InChI=1S/C21H27Cl2NO.ClH/c1-20(2,3)14-9-13(12-24-21(4,5)6)19(25)17(10-14)16-8-7-15(22)11-18(16)23;/h7-11,24-25H,12H2,1-6H3;1H. The Hall–Kier alpha value is -0.930. The summed E-state index contributed by atoms with van der Waals surface area (Å²) in [5.41, 5.74) is 3.45. The average Bonchev–Trinajstić information content (AvgIpc) is 2.44. The molecule has 0 saturated carbocycles. The minimum absolute atomic E-state index is 0. The molecule has 0 atom stereocenters. The van der Waals surface area contributed by atoms with Gasteiger partial charge in [0.15, 0.2) is 0 Å². The van der Waals surface area contributed by atoms with E-state index in [2.05, 4.69) is 52.9 Å². The Balaban J connectivity index is 0.00000338. The Morgan fingerprint density at radius 2 is 1.54 bits per heavy atom. The molecule has 0 radical (unpaired) electrons. The lowest BCUT2D eigenvalue weighted by molar-refractivity contribution is 0.411. The number of phenols is 1. The fraction of sp³-hybridized carbons (Fsp3) is 0.429. The lowest BCUT2D eigenvalue weighted by Crippen LogP contribution is -2.35. The molecule has 0 fully saturated rings. The SMILES string of the molecule is CC(C)(C)NCc1cc(C(C)(C)C)cc(-c2ccc(Cl)cc2Cl)c1O.Cl. The Labute approximate surface area is 173 Å². The molecule has 2 N–H and O–H groups in total. The molecule has 0 spiro atoms. The van der Waals surface area contributed by atoms with Crippen LogP contribution < -0.4 is 5.32 Å². The average molecular weight is 417 g/mol. The van der Waals surface area contributed by atoms with E-state index >= 15 is 0 Å². The number of hydrogen-bond acceptors (Lipinski definition) is 2. The maximum absolute atomic E-state index is 10.9. The van der Waals surface area contributed by atoms with Crippen molar-refractivity contribution in [2.45, 2.75) is 59.0 Å². The predicted molar refractivity (Wildman–Crippen MR) is 116 cm³/mol. The van der Waals surface area contributed by atoms with Crippen molar-refractivity contribution >= 4 is 35.6 Å². The molecular formula is C21H28Cl3NO. The Bertz CT molecular complexity index is 774. The third kappa shape index (κ3) is 5.79. The van der Waals surface area contributed by atoms with E-state index in [1.807, 2.05) is 12.1 Å². The second-order valence-corrected chi connectivity index (χ2v) is 9.35. The van der Waals surface area contributed by atoms with Crippen LogP contribution in [0.2, 0.25) is 10.0 Å². The molecule has 0 bridgehead atoms. The Morgan fingerprint density at radius 3 is 2.04 bits per heavy atom. The molecule has 2 aromatic carbocycles. The molecule has 0 unspecified atom stereocenters. The molecule has 0 heterocycles. The monoisotopic (exact) mass is 415 g/mol. The van der Waals surface area contributed by atoms with Crippen LogP contribution in [0.15, 0.2) is 30.3 Å². The van der Waals surface area contributed by atoms with Gasteiger partial charge in [-0.3, -0.25) is 0 Å². The molecule has 0 aliphatic heterocycles. The van der Waals surface area contributed by atoms with Gasteiger partial charge in [0, 0.05) is 33.8 Å². The number of aromatic hydroxyl groups is 1. The molecule has 2 nitrogen and oxygen atoms in total. The summed E-state index contributed by atoms with van der Waals surface area (Å²) >= 11 is 12.4. The molecule has 0 amide bonds. The number of hydrogen-bond donors (Lipinski definition) is 2. The van der Waals surface area contributed by atoms with Crippen LogP contribution >= 0.6 is 35.6 Å². The fourth-order valence-corrected chi connectivity index (χ4v) is 3.05. The largest absolute Gasteiger partial charge is 0.507 e. The smallest absolute Gasteiger partial charge is 0.127 e. The molecule has 5 heteroatoms. The first kappa shape index (κ1) is 23.1. The lowest BCUT2D eigenvalue weighted by atomic mass is 9.83. The summed E-state index contributed by atoms with van der Waals surface area (Å²) in [6, 6.07) is 9.44. The van der Waals surface area contributed by atoms with Crippen LogP contribution in [0.4, 0.5) is 0 Å². The highest BCUT2D eigenvalue weighted by molar-refractivity contribution is 6.36. The van der Waals surface area contributed by atoms with E-state index in [-0.39, 0.29) is 29.1 Å². The van der Waals surface area contributed by atoms with E-state index in [1.165, 1.54) is 0 Å². The maximum Gasteiger partial charge on any atom is 0.127 e. The molecule has 0 saturated heterocycles. The van der Waals surface area contributed by atoms with E-state index in [0.717, 1.165) is 22.3 Å². The highest BCUT2D eigenvalue weighted by atomic mass is 35.5. The van der Waals surface area contributed by atoms with Gasteiger partial charge in [0.1, 0.15) is 5.75 Å². The zero-order valence-electron chi connectivity index (χ0n) is 16.2. The van der Waals surface area contributed by atoms with Crippen molar-refractivity contribution in [3.8, 4) is 16.9 Å². The summed E-state index contributed by atoms with van der Waals surface area (Å²) in [6.07, 6.45) is 0. The summed E-state index contributed by atoms with van der Waals surface area (Å²) in [5.74, 6) is 0.258. The zero-order chi connectivity index (χ0) is 19.0. The van der Waals surface area contributed by atoms with Crippen LogP contribution in [0.25, 0.3) is 11.1 Å². The molecule has 2 rings (SSSR count). The van der Waals surface area contributed by atoms with Crippen LogP contribution in [-0.2, 0) is 12.0 Å². The second-order valence-electron chi connectivity index (χ2n) is 8.51. The van der Waals surface area contributed by atoms with Crippen LogP contribution in [0.1, 0.15) is 52.7 Å². The van der Waals surface area contributed by atoms with Crippen molar-refractivity contribution in [2.24, 2.45) is 0 Å². The van der Waals surface area contributed by atoms with Gasteiger partial charge in [-0.1, -0.05) is 56.1 Å². The van der Waals surface area contributed by atoms with Gasteiger partial charge in [0.2, 0.25) is 0 Å². The van der Waals surface area contributed by atoms with Crippen molar-refractivity contribution in [1.29, 1.82) is 0 Å². The zero-order valence-corrected chi connectivity index (χ0v) is 18.5. The van der Waals surface area contributed by atoms with E-state index in [9.17, 15) is 5.11 Å². The number of nitrogens with one attached hydrogen (secondary N) is 1. The summed E-state index contributed by atoms with van der Waals surface area (Å²) in [6.45, 7) is 13.4. The Kier molecular flexibility index (Phi) is 7.46. The van der Waals surface area contributed by atoms with Crippen molar-refractivity contribution in [1.82, 2.24) is 5.32 Å². The first-order valence-electron chi connectivity index (χ1n) is 8.45. The van der Waals surface area contributed by atoms with E-state index in [1.54, 1.807) is 12.1 Å². The van der Waals surface area contributed by atoms with Gasteiger partial charge < -0.3 is 10.4 Å². The van der Waals surface area contributed by atoms with Crippen molar-refractivity contribution in [3.05, 3.63) is 51.5 Å². The number of benzene rings is 2. The van der Waals surface area contributed by atoms with Crippen molar-refractivity contribution < 1.29 is 5.11 Å². The number of rotatable bonds is 3. The minimum Gasteiger partial charge on any atom is -0.507 e. The van der Waals surface area contributed by atoms with Crippen LogP contribution in [-0.4, -0.2) is 10.6 Å². The molecule has 2 aromatic rings. The molecule has 144 valence electrons. The third-order valence-electron chi connectivity index (χ3n) is 4.09. The lowest BCUT2D eigenvalue weighted by Gasteiger charge is -2.25.